The van der Waals surface area contributed by atoms with Gasteiger partial charge in [0.25, 0.3) is 0 Å². The highest BCUT2D eigenvalue weighted by Gasteiger charge is 2.31. The van der Waals surface area contributed by atoms with Gasteiger partial charge in [-0.05, 0) is 12.8 Å². The lowest BCUT2D eigenvalue weighted by molar-refractivity contribution is 0.204. The number of ether oxygens (including phenoxy) is 1. The summed E-state index contributed by atoms with van der Waals surface area (Å²) < 4.78 is 5.04. The molecule has 0 aliphatic heterocycles. The maximum Gasteiger partial charge on any atom is 0.246 e. The Labute approximate surface area is 82.4 Å². The highest BCUT2D eigenvalue weighted by molar-refractivity contribution is 5.36. The summed E-state index contributed by atoms with van der Waals surface area (Å²) >= 11 is 0. The van der Waals surface area contributed by atoms with E-state index in [1.54, 1.807) is 7.11 Å². The minimum absolute atomic E-state index is 0.364. The lowest BCUT2D eigenvalue weighted by atomic mass is 10.5. The van der Waals surface area contributed by atoms with Crippen LogP contribution in [0.4, 0.5) is 11.9 Å². The van der Waals surface area contributed by atoms with Gasteiger partial charge in [0.05, 0.1) is 6.61 Å². The second-order valence-corrected chi connectivity index (χ2v) is 3.44. The Morgan fingerprint density at radius 2 is 2.43 bits per heavy atom. The second kappa shape index (κ2) is 3.83. The zero-order valence-corrected chi connectivity index (χ0v) is 8.23. The van der Waals surface area contributed by atoms with E-state index in [1.807, 2.05) is 0 Å². The molecule has 0 saturated heterocycles. The molecule has 0 unspecified atom stereocenters. The molecule has 0 radical (unpaired) electrons. The third kappa shape index (κ3) is 1.95. The van der Waals surface area contributed by atoms with Crippen molar-refractivity contribution in [2.24, 2.45) is 0 Å². The molecule has 1 aliphatic rings. The molecule has 0 amide bonds. The Balaban J connectivity index is 2.02. The molecule has 0 spiro atoms. The monoisotopic (exact) mass is 197 g/mol. The summed E-state index contributed by atoms with van der Waals surface area (Å²) in [6.45, 7) is 1.50. The number of hydrogen-bond acceptors (Lipinski definition) is 5. The summed E-state index contributed by atoms with van der Waals surface area (Å²) in [5, 5.41) is 6.68. The molecule has 0 bridgehead atoms. The van der Waals surface area contributed by atoms with E-state index in [-0.39, 0.29) is 0 Å². The number of rotatable bonds is 5. The molecule has 6 nitrogen and oxygen atoms in total. The Kier molecular flexibility index (Phi) is 2.53. The van der Waals surface area contributed by atoms with Crippen molar-refractivity contribution in [3.8, 4) is 0 Å². The van der Waals surface area contributed by atoms with Gasteiger partial charge in [-0.1, -0.05) is 0 Å². The Hall–Kier alpha value is -1.30. The van der Waals surface area contributed by atoms with Crippen LogP contribution in [-0.2, 0) is 4.74 Å². The van der Waals surface area contributed by atoms with Crippen LogP contribution >= 0.6 is 0 Å². The van der Waals surface area contributed by atoms with Gasteiger partial charge in [0.15, 0.2) is 0 Å². The van der Waals surface area contributed by atoms with Crippen molar-refractivity contribution in [3.05, 3.63) is 0 Å². The van der Waals surface area contributed by atoms with E-state index in [1.165, 1.54) is 12.8 Å². The summed E-state index contributed by atoms with van der Waals surface area (Å²) in [6, 6.07) is 0.570. The Morgan fingerprint density at radius 1 is 1.64 bits per heavy atom. The number of H-pyrrole nitrogens is 1. The minimum atomic E-state index is 0.364. The highest BCUT2D eigenvalue weighted by atomic mass is 16.5. The van der Waals surface area contributed by atoms with Crippen molar-refractivity contribution < 1.29 is 4.74 Å². The van der Waals surface area contributed by atoms with Crippen LogP contribution in [0.25, 0.3) is 0 Å². The predicted octanol–water partition coefficient (Wildman–Crippen LogP) is 0.00210. The van der Waals surface area contributed by atoms with Crippen molar-refractivity contribution in [3.63, 3.8) is 0 Å². The molecular formula is C8H15N5O. The molecule has 1 saturated carbocycles. The van der Waals surface area contributed by atoms with Crippen LogP contribution < -0.4 is 10.6 Å². The van der Waals surface area contributed by atoms with Crippen molar-refractivity contribution in [2.75, 3.05) is 30.9 Å². The third-order valence-electron chi connectivity index (χ3n) is 2.27. The third-order valence-corrected chi connectivity index (χ3v) is 2.27. The molecule has 6 heteroatoms. The average molecular weight is 197 g/mol. The number of anilines is 2. The minimum Gasteiger partial charge on any atom is -0.383 e. The largest absolute Gasteiger partial charge is 0.383 e. The molecule has 3 N–H and O–H groups in total. The van der Waals surface area contributed by atoms with E-state index in [0.29, 0.717) is 24.5 Å². The van der Waals surface area contributed by atoms with Crippen molar-refractivity contribution in [2.45, 2.75) is 18.9 Å². The molecular weight excluding hydrogens is 182 g/mol. The number of methoxy groups -OCH3 is 1. The molecule has 1 aromatic heterocycles. The van der Waals surface area contributed by atoms with E-state index in [0.717, 1.165) is 6.54 Å². The molecule has 0 aromatic carbocycles. The van der Waals surface area contributed by atoms with Gasteiger partial charge < -0.3 is 15.4 Å². The molecule has 1 fully saturated rings. The van der Waals surface area contributed by atoms with Gasteiger partial charge in [-0.25, -0.2) is 5.10 Å². The van der Waals surface area contributed by atoms with Crippen molar-refractivity contribution in [1.29, 1.82) is 0 Å². The number of nitrogens with zero attached hydrogens (tertiary/aromatic N) is 3. The molecule has 1 heterocycles. The Bertz CT molecular complexity index is 296. The smallest absolute Gasteiger partial charge is 0.246 e. The highest BCUT2D eigenvalue weighted by Crippen LogP contribution is 2.29. The number of hydrogen-bond donors (Lipinski definition) is 2. The second-order valence-electron chi connectivity index (χ2n) is 3.44. The molecule has 14 heavy (non-hydrogen) atoms. The van der Waals surface area contributed by atoms with Gasteiger partial charge in [-0.3, -0.25) is 0 Å². The molecule has 2 rings (SSSR count). The maximum atomic E-state index is 5.48. The van der Waals surface area contributed by atoms with Crippen molar-refractivity contribution >= 4 is 11.9 Å². The summed E-state index contributed by atoms with van der Waals surface area (Å²) in [7, 11) is 1.69. The maximum absolute atomic E-state index is 5.48. The van der Waals surface area contributed by atoms with Gasteiger partial charge in [-0.2, -0.15) is 4.98 Å². The first kappa shape index (κ1) is 9.26. The van der Waals surface area contributed by atoms with Gasteiger partial charge >= 0.3 is 0 Å². The van der Waals surface area contributed by atoms with Gasteiger partial charge in [-0.15, -0.1) is 5.10 Å². The lowest BCUT2D eigenvalue weighted by Gasteiger charge is -2.19. The quantitative estimate of drug-likeness (QED) is 0.694. The van der Waals surface area contributed by atoms with E-state index < -0.39 is 0 Å². The number of nitrogens with one attached hydrogen (secondary N) is 1. The lowest BCUT2D eigenvalue weighted by Crippen LogP contribution is -2.30. The molecule has 0 atom stereocenters. The van der Waals surface area contributed by atoms with Crippen LogP contribution in [0.2, 0.25) is 0 Å². The van der Waals surface area contributed by atoms with Gasteiger partial charge in [0, 0.05) is 19.7 Å². The van der Waals surface area contributed by atoms with E-state index >= 15 is 0 Å². The van der Waals surface area contributed by atoms with Crippen LogP contribution in [0, 0.1) is 0 Å². The summed E-state index contributed by atoms with van der Waals surface area (Å²) in [4.78, 5) is 6.24. The first-order valence-corrected chi connectivity index (χ1v) is 4.74. The summed E-state index contributed by atoms with van der Waals surface area (Å²) in [5.41, 5.74) is 5.48. The predicted molar refractivity (Wildman–Crippen MR) is 53.0 cm³/mol. The standard InChI is InChI=1S/C8H15N5O/c1-14-5-4-13(6-2-3-6)8-10-7(9)11-12-8/h6H,2-5H2,1H3,(H3,9,10,11,12). The number of aromatic amines is 1. The van der Waals surface area contributed by atoms with Gasteiger partial charge in [0.2, 0.25) is 11.9 Å². The van der Waals surface area contributed by atoms with Crippen molar-refractivity contribution in [1.82, 2.24) is 15.2 Å². The van der Waals surface area contributed by atoms with E-state index in [9.17, 15) is 0 Å². The normalized spacial score (nSPS) is 15.8. The first-order chi connectivity index (χ1) is 6.81. The number of aromatic nitrogens is 3. The fraction of sp³-hybridized carbons (Fsp3) is 0.750. The molecule has 1 aromatic rings. The molecule has 78 valence electrons. The number of nitrogens with two attached hydrogens (primary N) is 1. The van der Waals surface area contributed by atoms with Crippen LogP contribution in [0.1, 0.15) is 12.8 Å². The summed E-state index contributed by atoms with van der Waals surface area (Å²) in [5.74, 6) is 1.05. The van der Waals surface area contributed by atoms with Crippen LogP contribution in [0.5, 0.6) is 0 Å². The van der Waals surface area contributed by atoms with Crippen LogP contribution in [0.15, 0.2) is 0 Å². The zero-order valence-electron chi connectivity index (χ0n) is 8.23. The van der Waals surface area contributed by atoms with Crippen LogP contribution in [-0.4, -0.2) is 41.5 Å². The zero-order chi connectivity index (χ0) is 9.97. The van der Waals surface area contributed by atoms with Gasteiger partial charge in [0.1, 0.15) is 0 Å². The topological polar surface area (TPSA) is 80.1 Å². The molecule has 1 aliphatic carbocycles. The van der Waals surface area contributed by atoms with Crippen LogP contribution in [0.3, 0.4) is 0 Å². The Morgan fingerprint density at radius 3 is 2.93 bits per heavy atom. The fourth-order valence-corrected chi connectivity index (χ4v) is 1.42. The fourth-order valence-electron chi connectivity index (χ4n) is 1.42. The SMILES string of the molecule is COCCN(c1n[nH]c(N)n1)C1CC1. The first-order valence-electron chi connectivity index (χ1n) is 4.74. The number of nitrogen functional groups attached to an aromatic ring is 1. The van der Waals surface area contributed by atoms with E-state index in [2.05, 4.69) is 20.1 Å². The summed E-state index contributed by atoms with van der Waals surface area (Å²) in [6.07, 6.45) is 2.41. The van der Waals surface area contributed by atoms with E-state index in [4.69, 9.17) is 10.5 Å². The average Bonchev–Trinajstić information content (AvgIpc) is 2.91.